The van der Waals surface area contributed by atoms with E-state index in [9.17, 15) is 19.2 Å². The van der Waals surface area contributed by atoms with Crippen molar-refractivity contribution in [3.8, 4) is 0 Å². The average Bonchev–Trinajstić information content (AvgIpc) is 2.94. The summed E-state index contributed by atoms with van der Waals surface area (Å²) in [6.45, 7) is 1.40. The summed E-state index contributed by atoms with van der Waals surface area (Å²) in [5.41, 5.74) is 0. The van der Waals surface area contributed by atoms with Gasteiger partial charge in [-0.2, -0.15) is 0 Å². The third kappa shape index (κ3) is 8.25. The minimum absolute atomic E-state index is 0.351. The van der Waals surface area contributed by atoms with Crippen LogP contribution < -0.4 is 0 Å². The number of ether oxygens (including phenoxy) is 4. The van der Waals surface area contributed by atoms with Gasteiger partial charge in [0.25, 0.3) is 0 Å². The van der Waals surface area contributed by atoms with Crippen molar-refractivity contribution in [3.63, 3.8) is 0 Å². The van der Waals surface area contributed by atoms with E-state index in [0.717, 1.165) is 51.4 Å². The first-order chi connectivity index (χ1) is 18.0. The van der Waals surface area contributed by atoms with Gasteiger partial charge in [0.1, 0.15) is 0 Å². The first-order valence-electron chi connectivity index (χ1n) is 13.3. The molecule has 0 aromatic carbocycles. The normalized spacial score (nSPS) is 30.3. The molecule has 4 unspecified atom stereocenters. The van der Waals surface area contributed by atoms with Crippen molar-refractivity contribution in [2.75, 3.05) is 26.4 Å². The number of hydrogen-bond donors (Lipinski definition) is 0. The number of carbonyl (C=O) groups is 4. The molecule has 4 rings (SSSR count). The van der Waals surface area contributed by atoms with E-state index in [1.807, 2.05) is 0 Å². The Balaban J connectivity index is 1.59. The van der Waals surface area contributed by atoms with Crippen molar-refractivity contribution in [1.29, 1.82) is 0 Å². The van der Waals surface area contributed by atoms with E-state index < -0.39 is 68.3 Å². The van der Waals surface area contributed by atoms with Crippen LogP contribution in [0.15, 0.2) is 0 Å². The second-order valence-electron chi connectivity index (χ2n) is 9.61. The predicted octanol–water partition coefficient (Wildman–Crippen LogP) is 1.87. The summed E-state index contributed by atoms with van der Waals surface area (Å²) in [6, 6.07) is 0. The van der Waals surface area contributed by atoms with E-state index >= 15 is 0 Å². The van der Waals surface area contributed by atoms with Gasteiger partial charge in [-0.3, -0.25) is 0 Å². The molecule has 0 saturated carbocycles. The topological polar surface area (TPSA) is 142 Å². The van der Waals surface area contributed by atoms with Gasteiger partial charge >= 0.3 is 222 Å². The molecule has 0 spiro atoms. The van der Waals surface area contributed by atoms with Crippen LogP contribution in [0.5, 0.6) is 0 Å². The van der Waals surface area contributed by atoms with E-state index in [2.05, 4.69) is 0 Å². The fraction of sp³-hybridized carbons (Fsp3) is 0.833. The van der Waals surface area contributed by atoms with Gasteiger partial charge in [0.15, 0.2) is 0 Å². The number of rotatable bonds is 8. The Morgan fingerprint density at radius 3 is 0.865 bits per heavy atom. The van der Waals surface area contributed by atoms with Crippen molar-refractivity contribution in [3.05, 3.63) is 0 Å². The van der Waals surface area contributed by atoms with E-state index in [4.69, 9.17) is 31.2 Å². The molecule has 0 aliphatic carbocycles. The van der Waals surface area contributed by atoms with Crippen molar-refractivity contribution in [2.24, 2.45) is 0 Å². The van der Waals surface area contributed by atoms with Crippen LogP contribution in [0.2, 0.25) is 0 Å². The molecule has 0 aromatic heterocycles. The van der Waals surface area contributed by atoms with Gasteiger partial charge in [-0.15, -0.1) is 0 Å². The Kier molecular flexibility index (Phi) is 10.8. The second-order valence-corrected chi connectivity index (χ2v) is 14.8. The summed E-state index contributed by atoms with van der Waals surface area (Å²) in [4.78, 5) is 52.5. The molecule has 0 N–H and O–H groups in total. The molecule has 0 aromatic rings. The molecular formula is C24H36O12Sn. The average molecular weight is 635 g/mol. The Morgan fingerprint density at radius 1 is 0.432 bits per heavy atom. The van der Waals surface area contributed by atoms with Crippen molar-refractivity contribution in [1.82, 2.24) is 0 Å². The van der Waals surface area contributed by atoms with Crippen LogP contribution in [-0.4, -0.2) is 94.8 Å². The quantitative estimate of drug-likeness (QED) is 0.360. The molecule has 4 aliphatic heterocycles. The van der Waals surface area contributed by atoms with Gasteiger partial charge in [-0.1, -0.05) is 0 Å². The van der Waals surface area contributed by atoms with E-state index in [0.29, 0.717) is 52.1 Å². The third-order valence-electron chi connectivity index (χ3n) is 6.67. The van der Waals surface area contributed by atoms with Crippen LogP contribution in [0.4, 0.5) is 0 Å². The van der Waals surface area contributed by atoms with Gasteiger partial charge in [0.2, 0.25) is 0 Å². The molecule has 13 heteroatoms. The van der Waals surface area contributed by atoms with Crippen LogP contribution in [-0.2, 0) is 50.4 Å². The molecule has 208 valence electrons. The summed E-state index contributed by atoms with van der Waals surface area (Å²) in [7, 11) is 0. The standard InChI is InChI=1S/4C6H10O3.Sn/c4*7-6(8)5-3-1-2-4-9-5;/h4*5H,1-4H2,(H,7,8);/q;;;;+4/p-4. The zero-order valence-electron chi connectivity index (χ0n) is 21.0. The van der Waals surface area contributed by atoms with Crippen LogP contribution in [0, 0.1) is 0 Å². The summed E-state index contributed by atoms with van der Waals surface area (Å²) in [5, 5.41) is 0. The fourth-order valence-electron chi connectivity index (χ4n) is 4.59. The Morgan fingerprint density at radius 2 is 0.676 bits per heavy atom. The van der Waals surface area contributed by atoms with Crippen LogP contribution in [0.25, 0.3) is 0 Å². The van der Waals surface area contributed by atoms with Gasteiger partial charge in [0.05, 0.1) is 0 Å². The molecule has 4 atom stereocenters. The molecule has 0 amide bonds. The second kappa shape index (κ2) is 14.1. The zero-order chi connectivity index (χ0) is 26.1. The molecular weight excluding hydrogens is 599 g/mol. The molecule has 0 radical (unpaired) electrons. The first-order valence-corrected chi connectivity index (χ1v) is 18.0. The van der Waals surface area contributed by atoms with Crippen LogP contribution in [0.1, 0.15) is 77.0 Å². The summed E-state index contributed by atoms with van der Waals surface area (Å²) < 4.78 is 44.5. The van der Waals surface area contributed by atoms with Crippen molar-refractivity contribution in [2.45, 2.75) is 101 Å². The van der Waals surface area contributed by atoms with Crippen LogP contribution >= 0.6 is 0 Å². The number of hydrogen-bond acceptors (Lipinski definition) is 12. The Bertz CT molecular complexity index is 662. The molecule has 4 fully saturated rings. The summed E-state index contributed by atoms with van der Waals surface area (Å²) in [6.07, 6.45) is 3.73. The molecule has 0 bridgehead atoms. The van der Waals surface area contributed by atoms with Gasteiger partial charge in [-0.25, -0.2) is 0 Å². The minimum atomic E-state index is -6.12. The summed E-state index contributed by atoms with van der Waals surface area (Å²) in [5.74, 6) is -3.60. The molecule has 4 saturated heterocycles. The Labute approximate surface area is 221 Å². The predicted molar refractivity (Wildman–Crippen MR) is 124 cm³/mol. The van der Waals surface area contributed by atoms with E-state index in [1.165, 1.54) is 0 Å². The maximum absolute atomic E-state index is 13.1. The van der Waals surface area contributed by atoms with E-state index in [1.54, 1.807) is 0 Å². The molecule has 4 heterocycles. The monoisotopic (exact) mass is 636 g/mol. The van der Waals surface area contributed by atoms with E-state index in [-0.39, 0.29) is 0 Å². The summed E-state index contributed by atoms with van der Waals surface area (Å²) >= 11 is -6.12. The van der Waals surface area contributed by atoms with Gasteiger partial charge in [-0.05, 0) is 0 Å². The van der Waals surface area contributed by atoms with Crippen molar-refractivity contribution < 1.29 is 50.4 Å². The molecule has 4 aliphatic rings. The molecule has 37 heavy (non-hydrogen) atoms. The third-order valence-corrected chi connectivity index (χ3v) is 11.8. The molecule has 12 nitrogen and oxygen atoms in total. The maximum atomic E-state index is 13.1. The Hall–Kier alpha value is -1.48. The zero-order valence-corrected chi connectivity index (χ0v) is 23.9. The van der Waals surface area contributed by atoms with Crippen molar-refractivity contribution >= 4 is 43.9 Å². The van der Waals surface area contributed by atoms with Gasteiger partial charge < -0.3 is 0 Å². The van der Waals surface area contributed by atoms with Gasteiger partial charge in [0, 0.05) is 0 Å². The number of carbonyl (C=O) groups excluding carboxylic acids is 4. The SMILES string of the molecule is O=C([O][Sn]([O]C(=O)C1CCCCO1)([O]C(=O)C1CCCCO1)[O]C(=O)C1CCCCO1)C1CCCCO1. The first kappa shape index (κ1) is 28.5. The van der Waals surface area contributed by atoms with Crippen LogP contribution in [0.3, 0.4) is 0 Å². The fourth-order valence-corrected chi connectivity index (χ4v) is 9.61.